The maximum atomic E-state index is 5.75. The van der Waals surface area contributed by atoms with E-state index in [1.54, 1.807) is 13.3 Å². The molecule has 6 nitrogen and oxygen atoms in total. The van der Waals surface area contributed by atoms with Crippen molar-refractivity contribution in [3.63, 3.8) is 0 Å². The molecule has 1 saturated heterocycles. The Morgan fingerprint density at radius 3 is 2.61 bits per heavy atom. The molecule has 0 saturated carbocycles. The fourth-order valence-electron chi connectivity index (χ4n) is 4.69. The van der Waals surface area contributed by atoms with Crippen LogP contribution in [-0.4, -0.2) is 35.5 Å². The first-order chi connectivity index (χ1) is 16.1. The Hall–Kier alpha value is -3.28. The number of fused-ring (bicyclic) bond motifs is 1. The molecule has 2 unspecified atom stereocenters. The van der Waals surface area contributed by atoms with Crippen molar-refractivity contribution >= 4 is 11.4 Å². The van der Waals surface area contributed by atoms with E-state index in [9.17, 15) is 0 Å². The van der Waals surface area contributed by atoms with Crippen LogP contribution in [0.4, 0.5) is 0 Å². The van der Waals surface area contributed by atoms with Gasteiger partial charge in [-0.05, 0) is 31.4 Å². The molecule has 1 aromatic heterocycles. The molecular weight excluding hydrogens is 412 g/mol. The van der Waals surface area contributed by atoms with Crippen LogP contribution in [0.25, 0.3) is 5.57 Å². The van der Waals surface area contributed by atoms with E-state index in [1.165, 1.54) is 17.5 Å². The summed E-state index contributed by atoms with van der Waals surface area (Å²) in [7, 11) is 1.70. The minimum atomic E-state index is 0.190. The Kier molecular flexibility index (Phi) is 7.02. The van der Waals surface area contributed by atoms with E-state index in [4.69, 9.17) is 14.3 Å². The molecule has 0 radical (unpaired) electrons. The number of amidine groups is 1. The number of rotatable bonds is 4. The average molecular weight is 447 g/mol. The summed E-state index contributed by atoms with van der Waals surface area (Å²) in [6.07, 6.45) is 11.3. The summed E-state index contributed by atoms with van der Waals surface area (Å²) in [6, 6.07) is 8.92. The second kappa shape index (κ2) is 10.1. The van der Waals surface area contributed by atoms with Crippen molar-refractivity contribution in [1.29, 1.82) is 0 Å². The van der Waals surface area contributed by atoms with Gasteiger partial charge in [0.2, 0.25) is 0 Å². The van der Waals surface area contributed by atoms with Crippen molar-refractivity contribution < 1.29 is 9.15 Å². The van der Waals surface area contributed by atoms with E-state index in [0.717, 1.165) is 41.5 Å². The first-order valence-corrected chi connectivity index (χ1v) is 11.9. The summed E-state index contributed by atoms with van der Waals surface area (Å²) in [5.74, 6) is 3.66. The van der Waals surface area contributed by atoms with Crippen LogP contribution in [0.3, 0.4) is 0 Å². The van der Waals surface area contributed by atoms with Crippen LogP contribution in [0.1, 0.15) is 61.8 Å². The summed E-state index contributed by atoms with van der Waals surface area (Å²) in [6.45, 7) is 8.98. The van der Waals surface area contributed by atoms with Crippen molar-refractivity contribution in [3.8, 4) is 0 Å². The fourth-order valence-corrected chi connectivity index (χ4v) is 4.69. The number of nitrogens with zero attached hydrogens (tertiary/aromatic N) is 3. The number of allylic oxidation sites excluding steroid dienone is 3. The van der Waals surface area contributed by atoms with Crippen molar-refractivity contribution in [2.24, 2.45) is 5.10 Å². The zero-order valence-electron chi connectivity index (χ0n) is 20.3. The number of benzene rings is 1. The molecule has 0 bridgehead atoms. The lowest BCUT2D eigenvalue weighted by Crippen LogP contribution is -2.48. The summed E-state index contributed by atoms with van der Waals surface area (Å²) in [5.41, 5.74) is 8.12. The Morgan fingerprint density at radius 2 is 1.91 bits per heavy atom. The molecule has 174 valence electrons. The van der Waals surface area contributed by atoms with E-state index in [-0.39, 0.29) is 6.17 Å². The molecule has 0 amide bonds. The summed E-state index contributed by atoms with van der Waals surface area (Å²) < 4.78 is 11.4. The lowest BCUT2D eigenvalue weighted by atomic mass is 9.87. The average Bonchev–Trinajstić information content (AvgIpc) is 3.41. The van der Waals surface area contributed by atoms with Gasteiger partial charge in [0.25, 0.3) is 0 Å². The maximum absolute atomic E-state index is 5.75. The third-order valence-corrected chi connectivity index (χ3v) is 6.34. The predicted molar refractivity (Wildman–Crippen MR) is 133 cm³/mol. The van der Waals surface area contributed by atoms with E-state index in [2.05, 4.69) is 64.7 Å². The predicted octanol–water partition coefficient (Wildman–Crippen LogP) is 5.68. The lowest BCUT2D eigenvalue weighted by molar-refractivity contribution is 0.201. The first-order valence-electron chi connectivity index (χ1n) is 11.9. The fraction of sp³-hybridized carbons (Fsp3) is 0.407. The molecule has 5 rings (SSSR count). The monoisotopic (exact) mass is 446 g/mol. The second-order valence-corrected chi connectivity index (χ2v) is 8.34. The van der Waals surface area contributed by atoms with Crippen LogP contribution in [0.2, 0.25) is 0 Å². The van der Waals surface area contributed by atoms with Gasteiger partial charge in [0.1, 0.15) is 11.9 Å². The number of piperidine rings is 1. The molecule has 1 N–H and O–H groups in total. The Balaban J connectivity index is 0.00000126. The smallest absolute Gasteiger partial charge is 0.191 e. The van der Waals surface area contributed by atoms with Gasteiger partial charge in [-0.15, -0.1) is 0 Å². The zero-order chi connectivity index (χ0) is 23.4. The maximum Gasteiger partial charge on any atom is 0.191 e. The normalized spacial score (nSPS) is 21.9. The molecule has 2 aliphatic heterocycles. The van der Waals surface area contributed by atoms with Crippen LogP contribution in [0.5, 0.6) is 0 Å². The van der Waals surface area contributed by atoms with E-state index in [0.29, 0.717) is 18.2 Å². The molecule has 2 atom stereocenters. The third kappa shape index (κ3) is 4.61. The molecule has 1 fully saturated rings. The topological polar surface area (TPSA) is 62.9 Å². The van der Waals surface area contributed by atoms with Gasteiger partial charge in [-0.2, -0.15) is 5.10 Å². The number of hydrogen-bond acceptors (Lipinski definition) is 6. The number of hydrogen-bond donors (Lipinski definition) is 1. The quantitative estimate of drug-likeness (QED) is 0.654. The molecular formula is C27H34N4O2. The number of oxazole rings is 1. The standard InChI is InChI=1S/C25H28N4O2.C2H6/c1-16-6-8-18(9-7-16)20-5-4-14-29-24(27-28-25(20)29)19-10-12-21(22(30-3)13-11-19)23-15-26-17(2)31-23;1-2/h6-12,15,20,25,28H,4-5,13-14H2,1-3H3;1-2H3. The van der Waals surface area contributed by atoms with Crippen molar-refractivity contribution in [2.75, 3.05) is 13.7 Å². The minimum absolute atomic E-state index is 0.190. The highest BCUT2D eigenvalue weighted by molar-refractivity contribution is 6.02. The number of aryl methyl sites for hydroxylation is 2. The van der Waals surface area contributed by atoms with Gasteiger partial charge in [0.05, 0.1) is 18.9 Å². The Labute approximate surface area is 196 Å². The largest absolute Gasteiger partial charge is 0.500 e. The molecule has 3 heterocycles. The highest BCUT2D eigenvalue weighted by Gasteiger charge is 2.38. The Bertz CT molecular complexity index is 1090. The van der Waals surface area contributed by atoms with Crippen LogP contribution in [0, 0.1) is 13.8 Å². The van der Waals surface area contributed by atoms with Crippen LogP contribution >= 0.6 is 0 Å². The molecule has 3 aliphatic rings. The summed E-state index contributed by atoms with van der Waals surface area (Å²) >= 11 is 0. The number of ether oxygens (including phenoxy) is 1. The van der Waals surface area contributed by atoms with E-state index in [1.807, 2.05) is 20.8 Å². The molecule has 33 heavy (non-hydrogen) atoms. The van der Waals surface area contributed by atoms with Gasteiger partial charge < -0.3 is 14.1 Å². The SMILES string of the molecule is CC.COC1=C(c2cnc(C)o2)C=CC(C2=NNC3C(c4ccc(C)cc4)CCCN23)=CC1. The molecule has 1 aliphatic carbocycles. The van der Waals surface area contributed by atoms with E-state index < -0.39 is 0 Å². The summed E-state index contributed by atoms with van der Waals surface area (Å²) in [5, 5.41) is 4.77. The highest BCUT2D eigenvalue weighted by Crippen LogP contribution is 2.36. The van der Waals surface area contributed by atoms with Gasteiger partial charge in [-0.25, -0.2) is 4.98 Å². The third-order valence-electron chi connectivity index (χ3n) is 6.34. The van der Waals surface area contributed by atoms with E-state index >= 15 is 0 Å². The summed E-state index contributed by atoms with van der Waals surface area (Å²) in [4.78, 5) is 6.65. The van der Waals surface area contributed by atoms with Crippen molar-refractivity contribution in [3.05, 3.63) is 82.8 Å². The van der Waals surface area contributed by atoms with Gasteiger partial charge in [-0.3, -0.25) is 5.43 Å². The number of methoxy groups -OCH3 is 1. The van der Waals surface area contributed by atoms with Gasteiger partial charge in [0, 0.05) is 31.4 Å². The zero-order valence-corrected chi connectivity index (χ0v) is 20.3. The van der Waals surface area contributed by atoms with Crippen molar-refractivity contribution in [2.45, 2.75) is 59.0 Å². The van der Waals surface area contributed by atoms with Crippen LogP contribution in [-0.2, 0) is 4.74 Å². The highest BCUT2D eigenvalue weighted by atomic mass is 16.5. The van der Waals surface area contributed by atoms with Gasteiger partial charge in [-0.1, -0.05) is 55.8 Å². The minimum Gasteiger partial charge on any atom is -0.500 e. The van der Waals surface area contributed by atoms with Gasteiger partial charge >= 0.3 is 0 Å². The van der Waals surface area contributed by atoms with Gasteiger partial charge in [0.15, 0.2) is 17.5 Å². The molecule has 6 heteroatoms. The van der Waals surface area contributed by atoms with Crippen LogP contribution < -0.4 is 5.43 Å². The van der Waals surface area contributed by atoms with Crippen molar-refractivity contribution in [1.82, 2.24) is 15.3 Å². The molecule has 0 spiro atoms. The first kappa shape index (κ1) is 22.9. The number of hydrazone groups is 1. The molecule has 1 aromatic carbocycles. The number of nitrogens with one attached hydrogen (secondary N) is 1. The number of aromatic nitrogens is 1. The van der Waals surface area contributed by atoms with Crippen LogP contribution in [0.15, 0.2) is 69.5 Å². The lowest BCUT2D eigenvalue weighted by Gasteiger charge is -2.38. The second-order valence-electron chi connectivity index (χ2n) is 8.34. The molecule has 2 aromatic rings. The Morgan fingerprint density at radius 1 is 1.12 bits per heavy atom.